The number of benzene rings is 1. The lowest BCUT2D eigenvalue weighted by Gasteiger charge is -1.96. The Morgan fingerprint density at radius 1 is 1.38 bits per heavy atom. The average Bonchev–Trinajstić information content (AvgIpc) is 2.72. The van der Waals surface area contributed by atoms with Crippen LogP contribution in [0.3, 0.4) is 0 Å². The van der Waals surface area contributed by atoms with Crippen LogP contribution in [-0.4, -0.2) is 20.7 Å². The first kappa shape index (κ1) is 14.3. The van der Waals surface area contributed by atoms with Gasteiger partial charge in [-0.3, -0.25) is 10.1 Å². The molecule has 0 atom stereocenters. The van der Waals surface area contributed by atoms with Crippen molar-refractivity contribution in [1.29, 1.82) is 0 Å². The number of hydrogen-bond donors (Lipinski definition) is 1. The van der Waals surface area contributed by atoms with Gasteiger partial charge in [0.15, 0.2) is 0 Å². The lowest BCUT2D eigenvalue weighted by molar-refractivity contribution is -0.384. The number of carbonyl (C=O) groups excluding carboxylic acids is 1. The van der Waals surface area contributed by atoms with E-state index in [2.05, 4.69) is 15.3 Å². The molecule has 9 nitrogen and oxygen atoms in total. The smallest absolute Gasteiger partial charge is 0.339 e. The average molecular weight is 288 g/mol. The fourth-order valence-electron chi connectivity index (χ4n) is 1.77. The Hall–Kier alpha value is -3.10. The maximum Gasteiger partial charge on any atom is 0.339 e. The third-order valence-electron chi connectivity index (χ3n) is 2.77. The summed E-state index contributed by atoms with van der Waals surface area (Å²) in [6, 6.07) is 5.04. The standard InChI is InChI=1S/C12H12N6O3/c1-7-11(8(2)17(16-7)12(13)19)15-14-9-4-3-5-10(6-9)18(20)21/h3-6H,1-2H3,(H2,13,19). The van der Waals surface area contributed by atoms with Crippen LogP contribution in [0.15, 0.2) is 34.5 Å². The molecule has 108 valence electrons. The molecule has 0 bridgehead atoms. The van der Waals surface area contributed by atoms with Crippen molar-refractivity contribution in [2.45, 2.75) is 13.8 Å². The number of amides is 1. The summed E-state index contributed by atoms with van der Waals surface area (Å²) in [5, 5.41) is 22.5. The normalized spacial score (nSPS) is 11.0. The number of azo groups is 1. The second-order valence-corrected chi connectivity index (χ2v) is 4.25. The first-order valence-corrected chi connectivity index (χ1v) is 5.92. The zero-order valence-corrected chi connectivity index (χ0v) is 11.3. The maximum atomic E-state index is 11.2. The third-order valence-corrected chi connectivity index (χ3v) is 2.77. The highest BCUT2D eigenvalue weighted by Gasteiger charge is 2.14. The van der Waals surface area contributed by atoms with E-state index in [1.165, 1.54) is 18.2 Å². The van der Waals surface area contributed by atoms with Crippen LogP contribution in [0.2, 0.25) is 0 Å². The van der Waals surface area contributed by atoms with E-state index in [0.717, 1.165) is 4.68 Å². The van der Waals surface area contributed by atoms with Crippen LogP contribution < -0.4 is 5.73 Å². The van der Waals surface area contributed by atoms with Gasteiger partial charge in [0.05, 0.1) is 22.0 Å². The SMILES string of the molecule is Cc1nn(C(N)=O)c(C)c1N=Nc1cccc([N+](=O)[O-])c1. The van der Waals surface area contributed by atoms with Gasteiger partial charge in [0.2, 0.25) is 0 Å². The van der Waals surface area contributed by atoms with Crippen LogP contribution in [0.1, 0.15) is 11.4 Å². The lowest BCUT2D eigenvalue weighted by atomic mass is 10.3. The predicted molar refractivity (Wildman–Crippen MR) is 74.0 cm³/mol. The summed E-state index contributed by atoms with van der Waals surface area (Å²) >= 11 is 0. The monoisotopic (exact) mass is 288 g/mol. The molecule has 0 aliphatic carbocycles. The van der Waals surface area contributed by atoms with Crippen molar-refractivity contribution in [2.75, 3.05) is 0 Å². The van der Waals surface area contributed by atoms with Crippen molar-refractivity contribution in [1.82, 2.24) is 9.78 Å². The molecule has 1 heterocycles. The fourth-order valence-corrected chi connectivity index (χ4v) is 1.77. The van der Waals surface area contributed by atoms with Crippen molar-refractivity contribution in [3.8, 4) is 0 Å². The van der Waals surface area contributed by atoms with Crippen LogP contribution in [0, 0.1) is 24.0 Å². The largest absolute Gasteiger partial charge is 0.350 e. The number of nitro groups is 1. The van der Waals surface area contributed by atoms with E-state index in [0.29, 0.717) is 22.8 Å². The molecule has 1 amide bonds. The topological polar surface area (TPSA) is 129 Å². The van der Waals surface area contributed by atoms with Crippen molar-refractivity contribution in [2.24, 2.45) is 16.0 Å². The number of carbonyl (C=O) groups is 1. The molecule has 1 aromatic heterocycles. The molecule has 9 heteroatoms. The molecule has 0 aliphatic rings. The van der Waals surface area contributed by atoms with Gasteiger partial charge >= 0.3 is 6.03 Å². The number of nitrogens with two attached hydrogens (primary N) is 1. The number of aromatic nitrogens is 2. The number of hydrogen-bond acceptors (Lipinski definition) is 6. The summed E-state index contributed by atoms with van der Waals surface area (Å²) in [4.78, 5) is 21.3. The number of nitrogens with zero attached hydrogens (tertiary/aromatic N) is 5. The van der Waals surface area contributed by atoms with E-state index in [1.807, 2.05) is 0 Å². The van der Waals surface area contributed by atoms with E-state index >= 15 is 0 Å². The summed E-state index contributed by atoms with van der Waals surface area (Å²) in [5.74, 6) is 0. The highest BCUT2D eigenvalue weighted by atomic mass is 16.6. The van der Waals surface area contributed by atoms with Crippen LogP contribution >= 0.6 is 0 Å². The quantitative estimate of drug-likeness (QED) is 0.528. The van der Waals surface area contributed by atoms with Gasteiger partial charge < -0.3 is 5.73 Å². The van der Waals surface area contributed by atoms with Crippen molar-refractivity contribution < 1.29 is 9.72 Å². The third kappa shape index (κ3) is 2.91. The second kappa shape index (κ2) is 5.49. The summed E-state index contributed by atoms with van der Waals surface area (Å²) < 4.78 is 1.02. The number of aryl methyl sites for hydroxylation is 1. The minimum Gasteiger partial charge on any atom is -0.350 e. The first-order chi connectivity index (χ1) is 9.90. The van der Waals surface area contributed by atoms with Gasteiger partial charge in [-0.1, -0.05) is 6.07 Å². The number of non-ortho nitro benzene ring substituents is 1. The van der Waals surface area contributed by atoms with Crippen molar-refractivity contribution in [3.05, 3.63) is 45.8 Å². The molecule has 2 aromatic rings. The summed E-state index contributed by atoms with van der Waals surface area (Å²) in [6.07, 6.45) is 0. The molecule has 0 aliphatic heterocycles. The number of rotatable bonds is 3. The molecule has 2 N–H and O–H groups in total. The lowest BCUT2D eigenvalue weighted by Crippen LogP contribution is -2.21. The second-order valence-electron chi connectivity index (χ2n) is 4.25. The van der Waals surface area contributed by atoms with Crippen molar-refractivity contribution in [3.63, 3.8) is 0 Å². The van der Waals surface area contributed by atoms with Gasteiger partial charge in [-0.05, 0) is 19.9 Å². The van der Waals surface area contributed by atoms with Crippen LogP contribution in [0.25, 0.3) is 0 Å². The van der Waals surface area contributed by atoms with Crippen LogP contribution in [-0.2, 0) is 0 Å². The zero-order valence-electron chi connectivity index (χ0n) is 11.3. The molecular weight excluding hydrogens is 276 g/mol. The maximum absolute atomic E-state index is 11.2. The Balaban J connectivity index is 2.36. The van der Waals surface area contributed by atoms with Gasteiger partial charge in [-0.15, -0.1) is 5.11 Å². The molecular formula is C12H12N6O3. The molecule has 0 radical (unpaired) electrons. The molecule has 0 fully saturated rings. The van der Waals surface area contributed by atoms with Gasteiger partial charge in [-0.25, -0.2) is 4.79 Å². The highest BCUT2D eigenvalue weighted by molar-refractivity contribution is 5.76. The first-order valence-electron chi connectivity index (χ1n) is 5.92. The Kier molecular flexibility index (Phi) is 3.74. The number of primary amides is 1. The predicted octanol–water partition coefficient (Wildman–Crippen LogP) is 2.75. The van der Waals surface area contributed by atoms with Crippen LogP contribution in [0.4, 0.5) is 21.9 Å². The van der Waals surface area contributed by atoms with Crippen LogP contribution in [0.5, 0.6) is 0 Å². The van der Waals surface area contributed by atoms with Gasteiger partial charge in [0.1, 0.15) is 5.69 Å². The van der Waals surface area contributed by atoms with Gasteiger partial charge in [-0.2, -0.15) is 14.9 Å². The van der Waals surface area contributed by atoms with Gasteiger partial charge in [0, 0.05) is 12.1 Å². The Morgan fingerprint density at radius 2 is 2.10 bits per heavy atom. The molecule has 0 spiro atoms. The van der Waals surface area contributed by atoms with Crippen molar-refractivity contribution >= 4 is 23.1 Å². The molecule has 2 rings (SSSR count). The van der Waals surface area contributed by atoms with E-state index in [-0.39, 0.29) is 5.69 Å². The van der Waals surface area contributed by atoms with E-state index < -0.39 is 11.0 Å². The van der Waals surface area contributed by atoms with E-state index in [1.54, 1.807) is 19.9 Å². The minimum absolute atomic E-state index is 0.0762. The summed E-state index contributed by atoms with van der Waals surface area (Å²) in [5.41, 5.74) is 6.77. The van der Waals surface area contributed by atoms with E-state index in [4.69, 9.17) is 5.73 Å². The highest BCUT2D eigenvalue weighted by Crippen LogP contribution is 2.26. The summed E-state index contributed by atoms with van der Waals surface area (Å²) in [6.45, 7) is 3.29. The van der Waals surface area contributed by atoms with E-state index in [9.17, 15) is 14.9 Å². The summed E-state index contributed by atoms with van der Waals surface area (Å²) in [7, 11) is 0. The molecule has 0 saturated carbocycles. The number of nitro benzene ring substituents is 1. The Labute approximate surface area is 119 Å². The Bertz CT molecular complexity index is 749. The Morgan fingerprint density at radius 3 is 2.67 bits per heavy atom. The molecule has 0 unspecified atom stereocenters. The zero-order chi connectivity index (χ0) is 15.6. The van der Waals surface area contributed by atoms with Gasteiger partial charge in [0.25, 0.3) is 5.69 Å². The molecule has 0 saturated heterocycles. The molecule has 1 aromatic carbocycles. The minimum atomic E-state index is -0.715. The molecule has 21 heavy (non-hydrogen) atoms. The fraction of sp³-hybridized carbons (Fsp3) is 0.167.